The van der Waals surface area contributed by atoms with Gasteiger partial charge < -0.3 is 10.2 Å². The molecule has 4 heteroatoms. The third-order valence-corrected chi connectivity index (χ3v) is 5.36. The van der Waals surface area contributed by atoms with E-state index in [-0.39, 0.29) is 5.54 Å². The van der Waals surface area contributed by atoms with Crippen molar-refractivity contribution in [2.24, 2.45) is 0 Å². The third-order valence-electron chi connectivity index (χ3n) is 4.20. The van der Waals surface area contributed by atoms with Crippen LogP contribution in [0.1, 0.15) is 33.1 Å². The van der Waals surface area contributed by atoms with Gasteiger partial charge in [0.25, 0.3) is 0 Å². The maximum atomic E-state index is 3.76. The van der Waals surface area contributed by atoms with Crippen molar-refractivity contribution in [1.29, 1.82) is 0 Å². The lowest BCUT2D eigenvalue weighted by Gasteiger charge is -2.36. The van der Waals surface area contributed by atoms with E-state index in [0.29, 0.717) is 0 Å². The molecule has 0 aliphatic carbocycles. The summed E-state index contributed by atoms with van der Waals surface area (Å²) in [5, 5.41) is 3.76. The lowest BCUT2D eigenvalue weighted by atomic mass is 9.92. The second-order valence-electron chi connectivity index (χ2n) is 5.29. The largest absolute Gasteiger partial charge is 0.369 e. The van der Waals surface area contributed by atoms with E-state index in [2.05, 4.69) is 74.1 Å². The van der Waals surface area contributed by atoms with E-state index in [1.54, 1.807) is 0 Å². The Labute approximate surface area is 133 Å². The molecule has 1 aromatic carbocycles. The topological polar surface area (TPSA) is 15.3 Å². The van der Waals surface area contributed by atoms with Gasteiger partial charge in [-0.1, -0.05) is 29.8 Å². The van der Waals surface area contributed by atoms with E-state index in [0.717, 1.165) is 24.1 Å². The average Bonchev–Trinajstić information content (AvgIpc) is 2.64. The van der Waals surface area contributed by atoms with Crippen LogP contribution in [-0.4, -0.2) is 25.2 Å². The minimum Gasteiger partial charge on any atom is -0.369 e. The summed E-state index contributed by atoms with van der Waals surface area (Å²) in [7, 11) is 0. The Balaban J connectivity index is 2.29. The molecule has 0 spiro atoms. The number of benzene rings is 1. The maximum absolute atomic E-state index is 3.76. The summed E-state index contributed by atoms with van der Waals surface area (Å²) in [6.07, 6.45) is 3.54. The predicted molar refractivity (Wildman–Crippen MR) is 90.0 cm³/mol. The predicted octanol–water partition coefficient (Wildman–Crippen LogP) is 4.57. The van der Waals surface area contributed by atoms with E-state index in [1.165, 1.54) is 29.4 Å². The summed E-state index contributed by atoms with van der Waals surface area (Å²) in [5.41, 5.74) is 1.54. The van der Waals surface area contributed by atoms with Crippen LogP contribution in [0.5, 0.6) is 0 Å². The van der Waals surface area contributed by atoms with Crippen molar-refractivity contribution < 1.29 is 0 Å². The quantitative estimate of drug-likeness (QED) is 0.814. The molecule has 1 N–H and O–H groups in total. The highest BCUT2D eigenvalue weighted by Crippen LogP contribution is 2.32. The van der Waals surface area contributed by atoms with Crippen molar-refractivity contribution in [1.82, 2.24) is 5.32 Å². The zero-order chi connectivity index (χ0) is 13.9. The SMILES string of the molecule is CCC1(CC)CN(c2cc(Br)ccc2Br)CCCN1. The van der Waals surface area contributed by atoms with Crippen LogP contribution >= 0.6 is 31.9 Å². The van der Waals surface area contributed by atoms with Gasteiger partial charge in [0, 0.05) is 27.6 Å². The number of nitrogens with one attached hydrogen (secondary N) is 1. The Hall–Kier alpha value is -0.0600. The minimum atomic E-state index is 0.248. The molecule has 2 nitrogen and oxygen atoms in total. The number of nitrogens with zero attached hydrogens (tertiary/aromatic N) is 1. The molecular formula is C15H22Br2N2. The maximum Gasteiger partial charge on any atom is 0.0522 e. The van der Waals surface area contributed by atoms with E-state index in [9.17, 15) is 0 Å². The number of hydrogen-bond donors (Lipinski definition) is 1. The molecule has 0 radical (unpaired) electrons. The molecule has 2 rings (SSSR count). The van der Waals surface area contributed by atoms with Crippen LogP contribution in [0.15, 0.2) is 27.1 Å². The molecule has 0 saturated carbocycles. The van der Waals surface area contributed by atoms with Gasteiger partial charge in [0.2, 0.25) is 0 Å². The summed E-state index contributed by atoms with van der Waals surface area (Å²) in [4.78, 5) is 2.52. The van der Waals surface area contributed by atoms with Crippen LogP contribution in [0, 0.1) is 0 Å². The fraction of sp³-hybridized carbons (Fsp3) is 0.600. The van der Waals surface area contributed by atoms with E-state index in [4.69, 9.17) is 0 Å². The van der Waals surface area contributed by atoms with Crippen LogP contribution in [0.4, 0.5) is 5.69 Å². The Morgan fingerprint density at radius 1 is 1.26 bits per heavy atom. The highest BCUT2D eigenvalue weighted by molar-refractivity contribution is 9.11. The van der Waals surface area contributed by atoms with Crippen LogP contribution in [0.2, 0.25) is 0 Å². The van der Waals surface area contributed by atoms with Crippen molar-refractivity contribution in [3.63, 3.8) is 0 Å². The molecule has 1 aliphatic rings. The first kappa shape index (κ1) is 15.3. The first-order valence-electron chi connectivity index (χ1n) is 7.05. The molecule has 0 bridgehead atoms. The van der Waals surface area contributed by atoms with Gasteiger partial charge in [-0.25, -0.2) is 0 Å². The molecular weight excluding hydrogens is 368 g/mol. The van der Waals surface area contributed by atoms with Gasteiger partial charge >= 0.3 is 0 Å². The number of rotatable bonds is 3. The van der Waals surface area contributed by atoms with E-state index < -0.39 is 0 Å². The second kappa shape index (κ2) is 6.59. The van der Waals surface area contributed by atoms with E-state index >= 15 is 0 Å². The summed E-state index contributed by atoms with van der Waals surface area (Å²) < 4.78 is 2.32. The zero-order valence-electron chi connectivity index (χ0n) is 11.7. The summed E-state index contributed by atoms with van der Waals surface area (Å²) in [6.45, 7) is 7.88. The second-order valence-corrected chi connectivity index (χ2v) is 7.06. The summed E-state index contributed by atoms with van der Waals surface area (Å²) >= 11 is 7.27. The van der Waals surface area contributed by atoms with Gasteiger partial charge in [0.1, 0.15) is 0 Å². The highest BCUT2D eigenvalue weighted by Gasteiger charge is 2.30. The molecule has 1 heterocycles. The molecule has 0 atom stereocenters. The molecule has 1 saturated heterocycles. The summed E-state index contributed by atoms with van der Waals surface area (Å²) in [5.74, 6) is 0. The van der Waals surface area contributed by atoms with E-state index in [1.807, 2.05) is 0 Å². The molecule has 1 fully saturated rings. The fourth-order valence-electron chi connectivity index (χ4n) is 2.78. The Morgan fingerprint density at radius 2 is 2.00 bits per heavy atom. The van der Waals surface area contributed by atoms with Crippen LogP contribution in [-0.2, 0) is 0 Å². The minimum absolute atomic E-state index is 0.248. The number of anilines is 1. The molecule has 19 heavy (non-hydrogen) atoms. The normalized spacial score (nSPS) is 19.3. The van der Waals surface area contributed by atoms with Crippen molar-refractivity contribution in [3.05, 3.63) is 27.1 Å². The first-order chi connectivity index (χ1) is 9.10. The lowest BCUT2D eigenvalue weighted by Crippen LogP contribution is -2.50. The van der Waals surface area contributed by atoms with Crippen LogP contribution in [0.3, 0.4) is 0 Å². The summed E-state index contributed by atoms with van der Waals surface area (Å²) in [6, 6.07) is 6.42. The van der Waals surface area contributed by atoms with Gasteiger partial charge in [0.05, 0.1) is 5.69 Å². The first-order valence-corrected chi connectivity index (χ1v) is 8.64. The Morgan fingerprint density at radius 3 is 2.68 bits per heavy atom. The van der Waals surface area contributed by atoms with Crippen molar-refractivity contribution in [2.75, 3.05) is 24.5 Å². The third kappa shape index (κ3) is 3.53. The highest BCUT2D eigenvalue weighted by atomic mass is 79.9. The Bertz CT molecular complexity index is 430. The molecule has 0 amide bonds. The Kier molecular flexibility index (Phi) is 5.32. The molecule has 106 valence electrons. The van der Waals surface area contributed by atoms with Crippen LogP contribution in [0.25, 0.3) is 0 Å². The lowest BCUT2D eigenvalue weighted by molar-refractivity contribution is 0.321. The van der Waals surface area contributed by atoms with Crippen molar-refractivity contribution in [3.8, 4) is 0 Å². The number of halogens is 2. The van der Waals surface area contributed by atoms with Gasteiger partial charge in [-0.05, 0) is 59.9 Å². The molecule has 1 aromatic rings. The van der Waals surface area contributed by atoms with Crippen molar-refractivity contribution in [2.45, 2.75) is 38.6 Å². The molecule has 0 aromatic heterocycles. The molecule has 1 aliphatic heterocycles. The van der Waals surface area contributed by atoms with Gasteiger partial charge in [-0.3, -0.25) is 0 Å². The van der Waals surface area contributed by atoms with Crippen LogP contribution < -0.4 is 10.2 Å². The number of hydrogen-bond acceptors (Lipinski definition) is 2. The standard InChI is InChI=1S/C15H22Br2N2/c1-3-15(4-2)11-19(9-5-8-18-15)14-10-12(16)6-7-13(14)17/h6-7,10,18H,3-5,8-9,11H2,1-2H3. The monoisotopic (exact) mass is 388 g/mol. The average molecular weight is 390 g/mol. The van der Waals surface area contributed by atoms with Gasteiger partial charge in [0.15, 0.2) is 0 Å². The fourth-order valence-corrected chi connectivity index (χ4v) is 3.63. The van der Waals surface area contributed by atoms with Crippen molar-refractivity contribution >= 4 is 37.5 Å². The smallest absolute Gasteiger partial charge is 0.0522 e. The molecule has 0 unspecified atom stereocenters. The van der Waals surface area contributed by atoms with Gasteiger partial charge in [-0.2, -0.15) is 0 Å². The zero-order valence-corrected chi connectivity index (χ0v) is 14.8. The van der Waals surface area contributed by atoms with Gasteiger partial charge in [-0.15, -0.1) is 0 Å².